The molecule has 0 bridgehead atoms. The number of amides is 1. The van der Waals surface area contributed by atoms with Crippen molar-refractivity contribution in [2.45, 2.75) is 58.8 Å². The van der Waals surface area contributed by atoms with Crippen LogP contribution in [0.25, 0.3) is 0 Å². The van der Waals surface area contributed by atoms with Crippen molar-refractivity contribution in [2.24, 2.45) is 0 Å². The summed E-state index contributed by atoms with van der Waals surface area (Å²) in [6, 6.07) is 7.73. The first-order chi connectivity index (χ1) is 17.3. The quantitative estimate of drug-likeness (QED) is 0.182. The Morgan fingerprint density at radius 1 is 1.22 bits per heavy atom. The smallest absolute Gasteiger partial charge is 0.341 e. The van der Waals surface area contributed by atoms with Crippen LogP contribution in [-0.4, -0.2) is 39.0 Å². The van der Waals surface area contributed by atoms with Gasteiger partial charge in [-0.25, -0.2) is 4.79 Å². The number of carbonyl (C=O) groups excluding carboxylic acids is 2. The van der Waals surface area contributed by atoms with E-state index in [1.807, 2.05) is 43.5 Å². The number of esters is 1. The Morgan fingerprint density at radius 2 is 2.00 bits per heavy atom. The molecule has 2 aromatic heterocycles. The number of aromatic nitrogens is 3. The van der Waals surface area contributed by atoms with Gasteiger partial charge < -0.3 is 14.8 Å². The lowest BCUT2D eigenvalue weighted by Gasteiger charge is -2.16. The van der Waals surface area contributed by atoms with Crippen molar-refractivity contribution in [3.63, 3.8) is 0 Å². The average Bonchev–Trinajstić information content (AvgIpc) is 3.44. The van der Waals surface area contributed by atoms with E-state index in [1.165, 1.54) is 28.7 Å². The molecule has 0 radical (unpaired) electrons. The number of thiophene rings is 1. The van der Waals surface area contributed by atoms with Crippen molar-refractivity contribution in [3.05, 3.63) is 64.3 Å². The van der Waals surface area contributed by atoms with Crippen molar-refractivity contribution < 1.29 is 19.1 Å². The first kappa shape index (κ1) is 27.5. The third kappa shape index (κ3) is 6.76. The van der Waals surface area contributed by atoms with Gasteiger partial charge in [0.25, 0.3) is 0 Å². The summed E-state index contributed by atoms with van der Waals surface area (Å²) >= 11 is 2.64. The highest BCUT2D eigenvalue weighted by molar-refractivity contribution is 7.99. The van der Waals surface area contributed by atoms with E-state index in [0.29, 0.717) is 28.1 Å². The van der Waals surface area contributed by atoms with Gasteiger partial charge >= 0.3 is 5.97 Å². The summed E-state index contributed by atoms with van der Waals surface area (Å²) in [5.41, 5.74) is 2.73. The normalized spacial score (nSPS) is 11.7. The van der Waals surface area contributed by atoms with Crippen LogP contribution >= 0.6 is 23.1 Å². The van der Waals surface area contributed by atoms with Crippen LogP contribution in [0, 0.1) is 13.8 Å². The Bertz CT molecular complexity index is 1230. The summed E-state index contributed by atoms with van der Waals surface area (Å²) in [6.07, 6.45) is 2.16. The number of nitrogens with one attached hydrogen (secondary N) is 1. The summed E-state index contributed by atoms with van der Waals surface area (Å²) in [4.78, 5) is 26.0. The molecule has 1 aromatic carbocycles. The maximum atomic E-state index is 12.7. The molecule has 0 aliphatic rings. The maximum Gasteiger partial charge on any atom is 0.341 e. The number of nitrogens with zero attached hydrogens (tertiary/aromatic N) is 3. The number of thioether (sulfide) groups is 1. The number of rotatable bonds is 12. The van der Waals surface area contributed by atoms with Gasteiger partial charge in [0.2, 0.25) is 5.91 Å². The van der Waals surface area contributed by atoms with Crippen LogP contribution in [0.2, 0.25) is 0 Å². The summed E-state index contributed by atoms with van der Waals surface area (Å²) in [6.45, 7) is 14.3. The summed E-state index contributed by atoms with van der Waals surface area (Å²) in [7, 11) is 0. The molecular weight excluding hydrogens is 496 g/mol. The van der Waals surface area contributed by atoms with Gasteiger partial charge in [0.05, 0.1) is 17.9 Å². The minimum absolute atomic E-state index is 0.100. The van der Waals surface area contributed by atoms with Crippen molar-refractivity contribution >= 4 is 40.0 Å². The van der Waals surface area contributed by atoms with Crippen LogP contribution in [-0.2, 0) is 22.5 Å². The predicted molar refractivity (Wildman–Crippen MR) is 144 cm³/mol. The zero-order valence-electron chi connectivity index (χ0n) is 21.3. The van der Waals surface area contributed by atoms with E-state index in [2.05, 4.69) is 29.0 Å². The Balaban J connectivity index is 1.70. The molecular formula is C26H32N4O4S2. The molecule has 0 fully saturated rings. The fourth-order valence-corrected chi connectivity index (χ4v) is 5.17. The topological polar surface area (TPSA) is 95.3 Å². The summed E-state index contributed by atoms with van der Waals surface area (Å²) < 4.78 is 13.1. The number of carbonyl (C=O) groups is 2. The molecule has 3 rings (SSSR count). The molecule has 1 amide bonds. The third-order valence-corrected chi connectivity index (χ3v) is 7.59. The highest BCUT2D eigenvalue weighted by Crippen LogP contribution is 2.30. The maximum absolute atomic E-state index is 12.7. The molecule has 1 unspecified atom stereocenters. The lowest BCUT2D eigenvalue weighted by molar-refractivity contribution is -0.113. The second-order valence-corrected chi connectivity index (χ2v) is 10.2. The monoisotopic (exact) mass is 528 g/mol. The van der Waals surface area contributed by atoms with Crippen LogP contribution in [0.5, 0.6) is 5.75 Å². The fraction of sp³-hybridized carbons (Fsp3) is 0.385. The predicted octanol–water partition coefficient (Wildman–Crippen LogP) is 5.75. The summed E-state index contributed by atoms with van der Waals surface area (Å²) in [5.74, 6) is 0.816. The van der Waals surface area contributed by atoms with E-state index in [1.54, 1.807) is 19.1 Å². The standard InChI is InChI=1S/C26H32N4O4S2/c1-7-12-30-23(18(6)34-19-11-10-16(4)17(5)13-19)28-29-26(30)35-15-22(31)27-24-21(25(32)33-9-3)14-20(8-2)36-24/h7,10-11,13-14,18H,1,8-9,12,15H2,2-6H3,(H,27,31). The van der Waals surface area contributed by atoms with E-state index in [0.717, 1.165) is 22.6 Å². The zero-order valence-corrected chi connectivity index (χ0v) is 22.9. The molecule has 2 heterocycles. The van der Waals surface area contributed by atoms with E-state index in [9.17, 15) is 9.59 Å². The highest BCUT2D eigenvalue weighted by atomic mass is 32.2. The van der Waals surface area contributed by atoms with E-state index >= 15 is 0 Å². The van der Waals surface area contributed by atoms with Crippen molar-refractivity contribution in [1.29, 1.82) is 0 Å². The van der Waals surface area contributed by atoms with E-state index in [4.69, 9.17) is 9.47 Å². The van der Waals surface area contributed by atoms with Gasteiger partial charge in [0.15, 0.2) is 17.1 Å². The number of anilines is 1. The molecule has 0 aliphatic heterocycles. The molecule has 0 aliphatic carbocycles. The summed E-state index contributed by atoms with van der Waals surface area (Å²) in [5, 5.41) is 12.6. The molecule has 1 N–H and O–H groups in total. The molecule has 10 heteroatoms. The SMILES string of the molecule is C=CCn1c(SCC(=O)Nc2sc(CC)cc2C(=O)OCC)nnc1C(C)Oc1ccc(C)c(C)c1. The third-order valence-electron chi connectivity index (χ3n) is 5.42. The van der Waals surface area contributed by atoms with Gasteiger partial charge in [0, 0.05) is 11.4 Å². The van der Waals surface area contributed by atoms with Gasteiger partial charge in [-0.1, -0.05) is 30.8 Å². The number of ether oxygens (including phenoxy) is 2. The lowest BCUT2D eigenvalue weighted by Crippen LogP contribution is -2.17. The molecule has 3 aromatic rings. The fourth-order valence-electron chi connectivity index (χ4n) is 3.41. The highest BCUT2D eigenvalue weighted by Gasteiger charge is 2.22. The molecule has 192 valence electrons. The van der Waals surface area contributed by atoms with E-state index < -0.39 is 5.97 Å². The first-order valence-electron chi connectivity index (χ1n) is 11.8. The van der Waals surface area contributed by atoms with Crippen LogP contribution in [0.15, 0.2) is 42.1 Å². The zero-order chi connectivity index (χ0) is 26.2. The largest absolute Gasteiger partial charge is 0.483 e. The van der Waals surface area contributed by atoms with Gasteiger partial charge in [-0.2, -0.15) is 0 Å². The number of aryl methyl sites for hydroxylation is 3. The number of allylic oxidation sites excluding steroid dienone is 1. The minimum atomic E-state index is -0.440. The van der Waals surface area contributed by atoms with Crippen molar-refractivity contribution in [3.8, 4) is 5.75 Å². The van der Waals surface area contributed by atoms with Crippen LogP contribution in [0.4, 0.5) is 5.00 Å². The minimum Gasteiger partial charge on any atom is -0.483 e. The van der Waals surface area contributed by atoms with E-state index in [-0.39, 0.29) is 24.4 Å². The Labute approximate surface area is 220 Å². The van der Waals surface area contributed by atoms with Gasteiger partial charge in [-0.05, 0) is 63.4 Å². The molecule has 0 saturated carbocycles. The molecule has 1 atom stereocenters. The second-order valence-electron chi connectivity index (χ2n) is 8.11. The van der Waals surface area contributed by atoms with Crippen LogP contribution in [0.3, 0.4) is 0 Å². The van der Waals surface area contributed by atoms with Crippen LogP contribution < -0.4 is 10.1 Å². The average molecular weight is 529 g/mol. The molecule has 8 nitrogen and oxygen atoms in total. The second kappa shape index (κ2) is 12.7. The first-order valence-corrected chi connectivity index (χ1v) is 13.6. The number of hydrogen-bond acceptors (Lipinski definition) is 8. The molecule has 36 heavy (non-hydrogen) atoms. The van der Waals surface area contributed by atoms with Gasteiger partial charge in [-0.3, -0.25) is 9.36 Å². The molecule has 0 saturated heterocycles. The van der Waals surface area contributed by atoms with Crippen molar-refractivity contribution in [1.82, 2.24) is 14.8 Å². The van der Waals surface area contributed by atoms with Crippen molar-refractivity contribution in [2.75, 3.05) is 17.7 Å². The number of hydrogen-bond donors (Lipinski definition) is 1. The Morgan fingerprint density at radius 3 is 2.67 bits per heavy atom. The number of benzene rings is 1. The van der Waals surface area contributed by atoms with Gasteiger partial charge in [-0.15, -0.1) is 28.1 Å². The van der Waals surface area contributed by atoms with Gasteiger partial charge in [0.1, 0.15) is 10.8 Å². The Hall–Kier alpha value is -3.11. The Kier molecular flexibility index (Phi) is 9.72. The molecule has 0 spiro atoms. The van der Waals surface area contributed by atoms with Crippen LogP contribution in [0.1, 0.15) is 59.1 Å². The lowest BCUT2D eigenvalue weighted by atomic mass is 10.1.